The number of rotatable bonds is 2. The van der Waals surface area contributed by atoms with E-state index in [1.807, 2.05) is 43.3 Å². The van der Waals surface area contributed by atoms with E-state index in [1.165, 1.54) is 0 Å². The molecular formula is C14H10Br2INO. The molecule has 0 atom stereocenters. The standard InChI is InChI=1S/C14H10Br2INO/c1-8-6-10(3-4-12(8)16)18-14(19)11-7-9(15)2-5-13(11)17/h2-7H,1H3,(H,18,19). The topological polar surface area (TPSA) is 29.1 Å². The molecule has 2 aromatic carbocycles. The molecule has 2 rings (SSSR count). The van der Waals surface area contributed by atoms with Crippen molar-refractivity contribution in [2.24, 2.45) is 0 Å². The van der Waals surface area contributed by atoms with E-state index in [9.17, 15) is 4.79 Å². The smallest absolute Gasteiger partial charge is 0.256 e. The molecule has 19 heavy (non-hydrogen) atoms. The number of hydrogen-bond acceptors (Lipinski definition) is 1. The Morgan fingerprint density at radius 2 is 1.89 bits per heavy atom. The van der Waals surface area contributed by atoms with E-state index >= 15 is 0 Å². The molecule has 0 saturated heterocycles. The zero-order valence-corrected chi connectivity index (χ0v) is 15.3. The highest BCUT2D eigenvalue weighted by Gasteiger charge is 2.11. The van der Waals surface area contributed by atoms with Gasteiger partial charge in [-0.2, -0.15) is 0 Å². The molecule has 2 aromatic rings. The predicted molar refractivity (Wildman–Crippen MR) is 93.7 cm³/mol. The van der Waals surface area contributed by atoms with Crippen LogP contribution in [0.15, 0.2) is 45.3 Å². The first kappa shape index (κ1) is 15.0. The fraction of sp³-hybridized carbons (Fsp3) is 0.0714. The molecule has 0 aliphatic carbocycles. The van der Waals surface area contributed by atoms with E-state index in [1.54, 1.807) is 0 Å². The molecule has 1 N–H and O–H groups in total. The van der Waals surface area contributed by atoms with Gasteiger partial charge in [0.2, 0.25) is 0 Å². The minimum absolute atomic E-state index is 0.104. The van der Waals surface area contributed by atoms with Crippen LogP contribution in [0.25, 0.3) is 0 Å². The lowest BCUT2D eigenvalue weighted by molar-refractivity contribution is 0.102. The van der Waals surface area contributed by atoms with Gasteiger partial charge in [-0.05, 0) is 71.5 Å². The van der Waals surface area contributed by atoms with Crippen LogP contribution in [0.1, 0.15) is 15.9 Å². The van der Waals surface area contributed by atoms with Crippen molar-refractivity contribution in [1.82, 2.24) is 0 Å². The maximum absolute atomic E-state index is 12.2. The van der Waals surface area contributed by atoms with Gasteiger partial charge in [0.15, 0.2) is 0 Å². The second-order valence-electron chi connectivity index (χ2n) is 4.04. The molecule has 0 radical (unpaired) electrons. The van der Waals surface area contributed by atoms with Crippen LogP contribution in [0.3, 0.4) is 0 Å². The number of amides is 1. The molecule has 0 bridgehead atoms. The fourth-order valence-electron chi connectivity index (χ4n) is 1.59. The van der Waals surface area contributed by atoms with Gasteiger partial charge >= 0.3 is 0 Å². The summed E-state index contributed by atoms with van der Waals surface area (Å²) in [5.41, 5.74) is 2.54. The highest BCUT2D eigenvalue weighted by atomic mass is 127. The number of aryl methyl sites for hydroxylation is 1. The maximum Gasteiger partial charge on any atom is 0.256 e. The summed E-state index contributed by atoms with van der Waals surface area (Å²) in [5.74, 6) is -0.104. The Labute approximate surface area is 142 Å². The van der Waals surface area contributed by atoms with Crippen molar-refractivity contribution >= 4 is 66.0 Å². The Balaban J connectivity index is 2.25. The number of halogens is 3. The first-order chi connectivity index (χ1) is 8.97. The van der Waals surface area contributed by atoms with Crippen LogP contribution in [-0.2, 0) is 0 Å². The lowest BCUT2D eigenvalue weighted by Gasteiger charge is -2.09. The van der Waals surface area contributed by atoms with Crippen LogP contribution in [0, 0.1) is 10.5 Å². The zero-order valence-electron chi connectivity index (χ0n) is 10.0. The van der Waals surface area contributed by atoms with Crippen LogP contribution in [0.4, 0.5) is 5.69 Å². The molecule has 0 aliphatic rings. The molecule has 0 fully saturated rings. The Morgan fingerprint density at radius 1 is 1.16 bits per heavy atom. The molecule has 2 nitrogen and oxygen atoms in total. The normalized spacial score (nSPS) is 10.3. The number of benzene rings is 2. The first-order valence-corrected chi connectivity index (χ1v) is 8.16. The number of carbonyl (C=O) groups excluding carboxylic acids is 1. The second-order valence-corrected chi connectivity index (χ2v) is 6.97. The highest BCUT2D eigenvalue weighted by molar-refractivity contribution is 14.1. The van der Waals surface area contributed by atoms with Gasteiger partial charge in [-0.25, -0.2) is 0 Å². The van der Waals surface area contributed by atoms with E-state index in [4.69, 9.17) is 0 Å². The van der Waals surface area contributed by atoms with E-state index in [0.29, 0.717) is 5.56 Å². The van der Waals surface area contributed by atoms with E-state index < -0.39 is 0 Å². The zero-order chi connectivity index (χ0) is 14.0. The molecule has 0 aliphatic heterocycles. The van der Waals surface area contributed by atoms with E-state index in [0.717, 1.165) is 23.8 Å². The van der Waals surface area contributed by atoms with Crippen molar-refractivity contribution in [3.8, 4) is 0 Å². The van der Waals surface area contributed by atoms with Gasteiger partial charge in [0.25, 0.3) is 5.91 Å². The highest BCUT2D eigenvalue weighted by Crippen LogP contribution is 2.22. The van der Waals surface area contributed by atoms with Crippen molar-refractivity contribution in [1.29, 1.82) is 0 Å². The predicted octanol–water partition coefficient (Wildman–Crippen LogP) is 5.38. The van der Waals surface area contributed by atoms with E-state index in [-0.39, 0.29) is 5.91 Å². The Hall–Kier alpha value is -0.400. The van der Waals surface area contributed by atoms with Gasteiger partial charge in [0.05, 0.1) is 5.56 Å². The quantitative estimate of drug-likeness (QED) is 0.558. The molecule has 5 heteroatoms. The molecule has 1 amide bonds. The average molecular weight is 495 g/mol. The van der Waals surface area contributed by atoms with Gasteiger partial charge < -0.3 is 5.32 Å². The van der Waals surface area contributed by atoms with Gasteiger partial charge in [-0.3, -0.25) is 4.79 Å². The number of anilines is 1. The average Bonchev–Trinajstić information content (AvgIpc) is 2.36. The summed E-state index contributed by atoms with van der Waals surface area (Å²) in [6.07, 6.45) is 0. The molecule has 0 unspecified atom stereocenters. The fourth-order valence-corrected chi connectivity index (χ4v) is 2.78. The molecule has 98 valence electrons. The van der Waals surface area contributed by atoms with Crippen molar-refractivity contribution in [3.63, 3.8) is 0 Å². The molecule has 0 heterocycles. The van der Waals surface area contributed by atoms with Gasteiger partial charge in [0.1, 0.15) is 0 Å². The molecule has 0 spiro atoms. The van der Waals surface area contributed by atoms with Crippen LogP contribution in [0.2, 0.25) is 0 Å². The van der Waals surface area contributed by atoms with Gasteiger partial charge in [0, 0.05) is 18.2 Å². The van der Waals surface area contributed by atoms with Crippen molar-refractivity contribution in [3.05, 3.63) is 60.0 Å². The summed E-state index contributed by atoms with van der Waals surface area (Å²) in [4.78, 5) is 12.2. The molecule has 0 aromatic heterocycles. The second kappa shape index (κ2) is 6.37. The molecule has 0 saturated carbocycles. The largest absolute Gasteiger partial charge is 0.322 e. The van der Waals surface area contributed by atoms with Crippen LogP contribution in [-0.4, -0.2) is 5.91 Å². The summed E-state index contributed by atoms with van der Waals surface area (Å²) in [7, 11) is 0. The van der Waals surface area contributed by atoms with Crippen LogP contribution < -0.4 is 5.32 Å². The van der Waals surface area contributed by atoms with Crippen LogP contribution in [0.5, 0.6) is 0 Å². The third-order valence-electron chi connectivity index (χ3n) is 2.59. The van der Waals surface area contributed by atoms with E-state index in [2.05, 4.69) is 59.8 Å². The van der Waals surface area contributed by atoms with Crippen molar-refractivity contribution in [2.75, 3.05) is 5.32 Å². The first-order valence-electron chi connectivity index (χ1n) is 5.50. The van der Waals surface area contributed by atoms with Gasteiger partial charge in [-0.1, -0.05) is 31.9 Å². The maximum atomic E-state index is 12.2. The Bertz CT molecular complexity index is 643. The minimum Gasteiger partial charge on any atom is -0.322 e. The SMILES string of the molecule is Cc1cc(NC(=O)c2cc(Br)ccc2I)ccc1Br. The number of hydrogen-bond donors (Lipinski definition) is 1. The summed E-state index contributed by atoms with van der Waals surface area (Å²) in [5, 5.41) is 2.91. The lowest BCUT2D eigenvalue weighted by atomic mass is 10.2. The summed E-state index contributed by atoms with van der Waals surface area (Å²) in [6.45, 7) is 1.99. The summed E-state index contributed by atoms with van der Waals surface area (Å²) >= 11 is 8.98. The Kier molecular flexibility index (Phi) is 5.03. The third kappa shape index (κ3) is 3.79. The number of nitrogens with one attached hydrogen (secondary N) is 1. The van der Waals surface area contributed by atoms with Crippen molar-refractivity contribution in [2.45, 2.75) is 6.92 Å². The number of carbonyl (C=O) groups is 1. The monoisotopic (exact) mass is 493 g/mol. The molecular weight excluding hydrogens is 485 g/mol. The Morgan fingerprint density at radius 3 is 2.58 bits per heavy atom. The summed E-state index contributed by atoms with van der Waals surface area (Å²) < 4.78 is 2.85. The third-order valence-corrected chi connectivity index (χ3v) is 4.91. The lowest BCUT2D eigenvalue weighted by Crippen LogP contribution is -2.13. The van der Waals surface area contributed by atoms with Crippen LogP contribution >= 0.6 is 54.5 Å². The summed E-state index contributed by atoms with van der Waals surface area (Å²) in [6, 6.07) is 11.4. The van der Waals surface area contributed by atoms with Gasteiger partial charge in [-0.15, -0.1) is 0 Å². The van der Waals surface area contributed by atoms with Crippen molar-refractivity contribution < 1.29 is 4.79 Å². The minimum atomic E-state index is -0.104.